The van der Waals surface area contributed by atoms with Crippen molar-refractivity contribution in [1.82, 2.24) is 9.80 Å². The number of carboxylic acids is 1. The van der Waals surface area contributed by atoms with Gasteiger partial charge >= 0.3 is 12.0 Å². The average Bonchev–Trinajstić information content (AvgIpc) is 2.87. The lowest BCUT2D eigenvalue weighted by atomic mass is 10.2. The number of nitrogens with zero attached hydrogens (tertiary/aromatic N) is 2. The number of carbonyl (C=O) groups excluding carboxylic acids is 1. The topological polar surface area (TPSA) is 70.1 Å². The zero-order valence-corrected chi connectivity index (χ0v) is 12.0. The maximum Gasteiger partial charge on any atom is 0.323 e. The van der Waals surface area contributed by atoms with Crippen LogP contribution in [0.15, 0.2) is 0 Å². The van der Waals surface area contributed by atoms with Gasteiger partial charge in [0.15, 0.2) is 0 Å². The third kappa shape index (κ3) is 4.38. The van der Waals surface area contributed by atoms with Gasteiger partial charge in [0.05, 0.1) is 12.6 Å². The van der Waals surface area contributed by atoms with Gasteiger partial charge in [-0.05, 0) is 19.8 Å². The number of aliphatic carboxylic acids is 1. The van der Waals surface area contributed by atoms with E-state index < -0.39 is 5.97 Å². The number of hydrogen-bond donors (Lipinski definition) is 1. The minimum absolute atomic E-state index is 0.0563. The normalized spacial score (nSPS) is 17.2. The number of carboxylic acid groups (broad SMARTS) is 1. The Morgan fingerprint density at radius 1 is 1.37 bits per heavy atom. The fourth-order valence-electron chi connectivity index (χ4n) is 2.46. The standard InChI is InChI=1S/C13H24N2O4/c1-10(9-19-3)14(2)13(18)15(8-12(16)17)11-6-4-5-7-11/h10-11H,4-9H2,1-3H3,(H,16,17). The molecule has 0 aromatic carbocycles. The molecule has 1 rings (SSSR count). The van der Waals surface area contributed by atoms with E-state index in [1.807, 2.05) is 6.92 Å². The van der Waals surface area contributed by atoms with Gasteiger partial charge in [-0.25, -0.2) is 4.79 Å². The summed E-state index contributed by atoms with van der Waals surface area (Å²) in [6, 6.07) is -0.241. The molecule has 0 heterocycles. The summed E-state index contributed by atoms with van der Waals surface area (Å²) in [5.74, 6) is -0.965. The van der Waals surface area contributed by atoms with E-state index in [-0.39, 0.29) is 24.7 Å². The molecular formula is C13H24N2O4. The van der Waals surface area contributed by atoms with Gasteiger partial charge in [0.2, 0.25) is 0 Å². The van der Waals surface area contributed by atoms with Crippen molar-refractivity contribution < 1.29 is 19.4 Å². The van der Waals surface area contributed by atoms with Crippen molar-refractivity contribution >= 4 is 12.0 Å². The SMILES string of the molecule is COCC(C)N(C)C(=O)N(CC(=O)O)C1CCCC1. The molecule has 6 heteroatoms. The third-order valence-corrected chi connectivity index (χ3v) is 3.69. The van der Waals surface area contributed by atoms with E-state index in [0.29, 0.717) is 6.61 Å². The zero-order valence-electron chi connectivity index (χ0n) is 12.0. The quantitative estimate of drug-likeness (QED) is 0.793. The largest absolute Gasteiger partial charge is 0.480 e. The van der Waals surface area contributed by atoms with E-state index in [0.717, 1.165) is 25.7 Å². The van der Waals surface area contributed by atoms with Crippen LogP contribution in [0.25, 0.3) is 0 Å². The van der Waals surface area contributed by atoms with Gasteiger partial charge in [0.25, 0.3) is 0 Å². The number of urea groups is 1. The number of hydrogen-bond acceptors (Lipinski definition) is 3. The van der Waals surface area contributed by atoms with Crippen LogP contribution in [0, 0.1) is 0 Å². The maximum atomic E-state index is 12.4. The van der Waals surface area contributed by atoms with Crippen molar-refractivity contribution in [3.05, 3.63) is 0 Å². The van der Waals surface area contributed by atoms with Crippen molar-refractivity contribution in [2.45, 2.75) is 44.7 Å². The molecule has 0 aromatic rings. The molecule has 1 fully saturated rings. The lowest BCUT2D eigenvalue weighted by molar-refractivity contribution is -0.138. The van der Waals surface area contributed by atoms with Gasteiger partial charge in [-0.2, -0.15) is 0 Å². The molecule has 110 valence electrons. The number of rotatable bonds is 6. The van der Waals surface area contributed by atoms with Crippen LogP contribution in [-0.2, 0) is 9.53 Å². The molecule has 0 saturated heterocycles. The molecule has 1 N–H and O–H groups in total. The minimum Gasteiger partial charge on any atom is -0.480 e. The van der Waals surface area contributed by atoms with Crippen molar-refractivity contribution in [3.8, 4) is 0 Å². The van der Waals surface area contributed by atoms with Gasteiger partial charge in [-0.1, -0.05) is 12.8 Å². The summed E-state index contributed by atoms with van der Waals surface area (Å²) in [6.07, 6.45) is 3.91. The highest BCUT2D eigenvalue weighted by atomic mass is 16.5. The molecule has 1 atom stereocenters. The smallest absolute Gasteiger partial charge is 0.323 e. The Morgan fingerprint density at radius 3 is 2.42 bits per heavy atom. The monoisotopic (exact) mass is 272 g/mol. The lowest BCUT2D eigenvalue weighted by Crippen LogP contribution is -2.51. The molecule has 0 aromatic heterocycles. The molecule has 2 amide bonds. The highest BCUT2D eigenvalue weighted by Gasteiger charge is 2.31. The van der Waals surface area contributed by atoms with Gasteiger partial charge in [0.1, 0.15) is 6.54 Å². The van der Waals surface area contributed by atoms with E-state index >= 15 is 0 Å². The van der Waals surface area contributed by atoms with Crippen LogP contribution in [-0.4, -0.2) is 66.3 Å². The molecular weight excluding hydrogens is 248 g/mol. The summed E-state index contributed by atoms with van der Waals surface area (Å²) in [6.45, 7) is 2.09. The van der Waals surface area contributed by atoms with Gasteiger partial charge < -0.3 is 19.6 Å². The Labute approximate surface area is 114 Å². The van der Waals surface area contributed by atoms with Gasteiger partial charge in [0, 0.05) is 20.2 Å². The van der Waals surface area contributed by atoms with Crippen molar-refractivity contribution in [2.75, 3.05) is 27.3 Å². The molecule has 1 unspecified atom stereocenters. The number of amides is 2. The lowest BCUT2D eigenvalue weighted by Gasteiger charge is -2.34. The Morgan fingerprint density at radius 2 is 1.95 bits per heavy atom. The van der Waals surface area contributed by atoms with E-state index in [4.69, 9.17) is 9.84 Å². The first-order valence-electron chi connectivity index (χ1n) is 6.71. The number of carbonyl (C=O) groups is 2. The van der Waals surface area contributed by atoms with E-state index in [1.165, 1.54) is 4.90 Å². The zero-order chi connectivity index (χ0) is 14.4. The highest BCUT2D eigenvalue weighted by molar-refractivity contribution is 5.80. The molecule has 0 radical (unpaired) electrons. The molecule has 6 nitrogen and oxygen atoms in total. The molecule has 0 bridgehead atoms. The van der Waals surface area contributed by atoms with Crippen LogP contribution < -0.4 is 0 Å². The fraction of sp³-hybridized carbons (Fsp3) is 0.846. The van der Waals surface area contributed by atoms with Crippen molar-refractivity contribution in [3.63, 3.8) is 0 Å². The Hall–Kier alpha value is -1.30. The minimum atomic E-state index is -0.965. The van der Waals surface area contributed by atoms with Crippen LogP contribution in [0.5, 0.6) is 0 Å². The second-order valence-electron chi connectivity index (χ2n) is 5.16. The fourth-order valence-corrected chi connectivity index (χ4v) is 2.46. The first kappa shape index (κ1) is 15.8. The van der Waals surface area contributed by atoms with Gasteiger partial charge in [-0.3, -0.25) is 4.79 Å². The van der Waals surface area contributed by atoms with E-state index in [9.17, 15) is 9.59 Å². The molecule has 0 spiro atoms. The van der Waals surface area contributed by atoms with Crippen LogP contribution in [0.3, 0.4) is 0 Å². The highest BCUT2D eigenvalue weighted by Crippen LogP contribution is 2.24. The van der Waals surface area contributed by atoms with Crippen LogP contribution in [0.2, 0.25) is 0 Å². The first-order valence-corrected chi connectivity index (χ1v) is 6.71. The predicted octanol–water partition coefficient (Wildman–Crippen LogP) is 1.40. The number of likely N-dealkylation sites (N-methyl/N-ethyl adjacent to an activating group) is 1. The van der Waals surface area contributed by atoms with E-state index in [2.05, 4.69) is 0 Å². The molecule has 1 saturated carbocycles. The van der Waals surface area contributed by atoms with Crippen LogP contribution in [0.4, 0.5) is 4.79 Å². The van der Waals surface area contributed by atoms with Crippen LogP contribution >= 0.6 is 0 Å². The molecule has 0 aliphatic heterocycles. The molecule has 1 aliphatic carbocycles. The van der Waals surface area contributed by atoms with Gasteiger partial charge in [-0.15, -0.1) is 0 Å². The second kappa shape index (κ2) is 7.33. The third-order valence-electron chi connectivity index (χ3n) is 3.69. The average molecular weight is 272 g/mol. The van der Waals surface area contributed by atoms with Crippen molar-refractivity contribution in [1.29, 1.82) is 0 Å². The summed E-state index contributed by atoms with van der Waals surface area (Å²) in [5, 5.41) is 8.98. The van der Waals surface area contributed by atoms with E-state index in [1.54, 1.807) is 19.1 Å². The first-order chi connectivity index (χ1) is 8.97. The van der Waals surface area contributed by atoms with Crippen molar-refractivity contribution in [2.24, 2.45) is 0 Å². The number of ether oxygens (including phenoxy) is 1. The molecule has 19 heavy (non-hydrogen) atoms. The predicted molar refractivity (Wildman–Crippen MR) is 71.1 cm³/mol. The summed E-state index contributed by atoms with van der Waals surface area (Å²) in [4.78, 5) is 26.4. The van der Waals surface area contributed by atoms with Crippen LogP contribution in [0.1, 0.15) is 32.6 Å². The summed E-state index contributed by atoms with van der Waals surface area (Å²) in [7, 11) is 3.27. The summed E-state index contributed by atoms with van der Waals surface area (Å²) >= 11 is 0. The maximum absolute atomic E-state index is 12.4. The summed E-state index contributed by atoms with van der Waals surface area (Å²) in [5.41, 5.74) is 0. The summed E-state index contributed by atoms with van der Waals surface area (Å²) < 4.78 is 5.03. The Balaban J connectivity index is 2.72. The Kier molecular flexibility index (Phi) is 6.08. The Bertz CT molecular complexity index is 316. The molecule has 1 aliphatic rings. The second-order valence-corrected chi connectivity index (χ2v) is 5.16. The number of methoxy groups -OCH3 is 1.